The maximum atomic E-state index is 13.0. The number of ether oxygens (including phenoxy) is 1. The van der Waals surface area contributed by atoms with Crippen molar-refractivity contribution in [2.45, 2.75) is 58.4 Å². The molecule has 2 aromatic rings. The lowest BCUT2D eigenvalue weighted by atomic mass is 9.86. The quantitative estimate of drug-likeness (QED) is 0.800. The Morgan fingerprint density at radius 2 is 2.06 bits per heavy atom. The minimum Gasteiger partial charge on any atom is -0.483 e. The molecule has 31 heavy (non-hydrogen) atoms. The summed E-state index contributed by atoms with van der Waals surface area (Å²) in [5, 5.41) is 7.12. The van der Waals surface area contributed by atoms with E-state index in [9.17, 15) is 9.59 Å². The lowest BCUT2D eigenvalue weighted by molar-refractivity contribution is -0.133. The fraction of sp³-hybridized carbons (Fsp3) is 0.542. The van der Waals surface area contributed by atoms with Crippen LogP contribution in [0.15, 0.2) is 28.8 Å². The summed E-state index contributed by atoms with van der Waals surface area (Å²) in [7, 11) is 0. The van der Waals surface area contributed by atoms with E-state index in [-0.39, 0.29) is 30.4 Å². The number of aryl methyl sites for hydroxylation is 3. The molecule has 1 fully saturated rings. The van der Waals surface area contributed by atoms with Crippen molar-refractivity contribution in [3.63, 3.8) is 0 Å². The van der Waals surface area contributed by atoms with Gasteiger partial charge in [-0.2, -0.15) is 0 Å². The number of piperidine rings is 1. The van der Waals surface area contributed by atoms with Crippen molar-refractivity contribution < 1.29 is 18.8 Å². The molecular formula is C24H31N3O4. The van der Waals surface area contributed by atoms with E-state index in [0.29, 0.717) is 25.3 Å². The third-order valence-corrected chi connectivity index (χ3v) is 6.54. The van der Waals surface area contributed by atoms with Gasteiger partial charge in [-0.3, -0.25) is 9.59 Å². The van der Waals surface area contributed by atoms with Crippen molar-refractivity contribution in [2.24, 2.45) is 5.92 Å². The molecule has 2 aliphatic heterocycles. The average Bonchev–Trinajstić information content (AvgIpc) is 3.08. The molecule has 0 bridgehead atoms. The third kappa shape index (κ3) is 5.09. The van der Waals surface area contributed by atoms with Gasteiger partial charge in [-0.25, -0.2) is 0 Å². The number of benzene rings is 1. The fourth-order valence-electron chi connectivity index (χ4n) is 4.72. The zero-order chi connectivity index (χ0) is 21.8. The summed E-state index contributed by atoms with van der Waals surface area (Å²) in [5.41, 5.74) is 2.81. The number of carbonyl (C=O) groups is 2. The van der Waals surface area contributed by atoms with E-state index < -0.39 is 0 Å². The van der Waals surface area contributed by atoms with Crippen molar-refractivity contribution in [3.8, 4) is 5.75 Å². The topological polar surface area (TPSA) is 84.7 Å². The highest BCUT2D eigenvalue weighted by Crippen LogP contribution is 2.26. The Balaban J connectivity index is 1.42. The van der Waals surface area contributed by atoms with Crippen LogP contribution in [-0.2, 0) is 22.4 Å². The van der Waals surface area contributed by atoms with E-state index in [0.717, 1.165) is 54.7 Å². The largest absolute Gasteiger partial charge is 0.483 e. The molecule has 2 amide bonds. The van der Waals surface area contributed by atoms with E-state index >= 15 is 0 Å². The van der Waals surface area contributed by atoms with Gasteiger partial charge in [0.25, 0.3) is 5.91 Å². The maximum absolute atomic E-state index is 13.0. The average molecular weight is 426 g/mol. The minimum absolute atomic E-state index is 0.0227. The Morgan fingerprint density at radius 1 is 1.23 bits per heavy atom. The highest BCUT2D eigenvalue weighted by atomic mass is 16.5. The summed E-state index contributed by atoms with van der Waals surface area (Å²) in [6.07, 6.45) is 5.12. The smallest absolute Gasteiger partial charge is 0.258 e. The third-order valence-electron chi connectivity index (χ3n) is 6.54. The fourth-order valence-corrected chi connectivity index (χ4v) is 4.72. The van der Waals surface area contributed by atoms with E-state index in [1.807, 2.05) is 36.9 Å². The minimum atomic E-state index is -0.0964. The number of hydrogen-bond donors (Lipinski definition) is 1. The van der Waals surface area contributed by atoms with Crippen LogP contribution in [0.25, 0.3) is 0 Å². The lowest BCUT2D eigenvalue weighted by Crippen LogP contribution is -2.53. The van der Waals surface area contributed by atoms with Gasteiger partial charge in [0, 0.05) is 24.7 Å². The van der Waals surface area contributed by atoms with Crippen molar-refractivity contribution in [1.82, 2.24) is 15.4 Å². The van der Waals surface area contributed by atoms with Gasteiger partial charge in [0.2, 0.25) is 5.91 Å². The number of amides is 2. The molecule has 0 saturated carbocycles. The van der Waals surface area contributed by atoms with Gasteiger partial charge in [-0.05, 0) is 57.1 Å². The van der Waals surface area contributed by atoms with Crippen molar-refractivity contribution in [1.29, 1.82) is 0 Å². The Kier molecular flexibility index (Phi) is 6.59. The van der Waals surface area contributed by atoms with Gasteiger partial charge in [0.15, 0.2) is 6.61 Å². The van der Waals surface area contributed by atoms with Gasteiger partial charge in [-0.1, -0.05) is 29.8 Å². The molecule has 0 unspecified atom stereocenters. The van der Waals surface area contributed by atoms with Crippen LogP contribution in [0, 0.1) is 19.8 Å². The first-order chi connectivity index (χ1) is 15.0. The van der Waals surface area contributed by atoms with Gasteiger partial charge >= 0.3 is 0 Å². The zero-order valence-corrected chi connectivity index (χ0v) is 18.4. The lowest BCUT2D eigenvalue weighted by Gasteiger charge is -2.39. The molecule has 0 aliphatic carbocycles. The molecule has 2 atom stereocenters. The van der Waals surface area contributed by atoms with Crippen molar-refractivity contribution in [2.75, 3.05) is 19.7 Å². The second-order valence-corrected chi connectivity index (χ2v) is 8.68. The predicted molar refractivity (Wildman–Crippen MR) is 116 cm³/mol. The first kappa shape index (κ1) is 21.4. The van der Waals surface area contributed by atoms with Crippen molar-refractivity contribution in [3.05, 3.63) is 46.8 Å². The number of fused-ring (bicyclic) bond motifs is 2. The van der Waals surface area contributed by atoms with Crippen LogP contribution in [0.4, 0.5) is 0 Å². The molecular weight excluding hydrogens is 394 g/mol. The van der Waals surface area contributed by atoms with Crippen LogP contribution in [0.3, 0.4) is 0 Å². The summed E-state index contributed by atoms with van der Waals surface area (Å²) < 4.78 is 11.0. The highest BCUT2D eigenvalue weighted by Gasteiger charge is 2.33. The Morgan fingerprint density at radius 3 is 2.87 bits per heavy atom. The van der Waals surface area contributed by atoms with Crippen LogP contribution in [0.1, 0.15) is 48.3 Å². The Labute approximate surface area is 183 Å². The van der Waals surface area contributed by atoms with Gasteiger partial charge in [0.05, 0.1) is 12.1 Å². The van der Waals surface area contributed by atoms with E-state index in [1.165, 1.54) is 0 Å². The molecule has 4 rings (SSSR count). The number of aromatic nitrogens is 1. The molecule has 7 nitrogen and oxygen atoms in total. The standard InChI is InChI=1S/C24H31N3O4/c1-16-20(17(2)31-26-16)13-24(29)27-12-11-21-19(14-27)9-4-3-7-18-8-5-6-10-22(18)30-15-23(28)25-21/h5-6,8,10,19,21H,3-4,7,9,11-15H2,1-2H3,(H,25,28)/t19-,21-/m1/s1. The number of likely N-dealkylation sites (tertiary alicyclic amines) is 1. The summed E-state index contributed by atoms with van der Waals surface area (Å²) in [5.74, 6) is 1.76. The maximum Gasteiger partial charge on any atom is 0.258 e. The van der Waals surface area contributed by atoms with E-state index in [2.05, 4.69) is 16.5 Å². The van der Waals surface area contributed by atoms with E-state index in [1.54, 1.807) is 0 Å². The second kappa shape index (κ2) is 9.54. The molecule has 166 valence electrons. The van der Waals surface area contributed by atoms with Crippen LogP contribution in [0.2, 0.25) is 0 Å². The normalized spacial score (nSPS) is 22.3. The van der Waals surface area contributed by atoms with E-state index in [4.69, 9.17) is 9.26 Å². The highest BCUT2D eigenvalue weighted by molar-refractivity contribution is 5.80. The van der Waals surface area contributed by atoms with Gasteiger partial charge in [0.1, 0.15) is 11.5 Å². The summed E-state index contributed by atoms with van der Waals surface area (Å²) in [6.45, 7) is 5.05. The van der Waals surface area contributed by atoms with Crippen molar-refractivity contribution >= 4 is 11.8 Å². The molecule has 7 heteroatoms. The summed E-state index contributed by atoms with van der Waals surface area (Å²) in [6, 6.07) is 8.02. The molecule has 1 saturated heterocycles. The first-order valence-corrected chi connectivity index (χ1v) is 11.2. The molecule has 0 spiro atoms. The first-order valence-electron chi connectivity index (χ1n) is 11.2. The van der Waals surface area contributed by atoms with Crippen LogP contribution >= 0.6 is 0 Å². The predicted octanol–water partition coefficient (Wildman–Crippen LogP) is 2.97. The van der Waals surface area contributed by atoms with Gasteiger partial charge in [-0.15, -0.1) is 0 Å². The molecule has 2 aliphatic rings. The number of carbonyl (C=O) groups excluding carboxylic acids is 2. The summed E-state index contributed by atoms with van der Waals surface area (Å²) in [4.78, 5) is 27.4. The Hall–Kier alpha value is -2.83. The molecule has 0 radical (unpaired) electrons. The number of rotatable bonds is 2. The SMILES string of the molecule is Cc1noc(C)c1CC(=O)N1CC[C@H]2NC(=O)COc3ccccc3CCCC[C@@H]2C1. The summed E-state index contributed by atoms with van der Waals surface area (Å²) >= 11 is 0. The second-order valence-electron chi connectivity index (χ2n) is 8.68. The molecule has 3 heterocycles. The Bertz CT molecular complexity index is 919. The van der Waals surface area contributed by atoms with Gasteiger partial charge < -0.3 is 19.5 Å². The number of hydrogen-bond acceptors (Lipinski definition) is 5. The van der Waals surface area contributed by atoms with Crippen LogP contribution in [0.5, 0.6) is 5.75 Å². The monoisotopic (exact) mass is 425 g/mol. The van der Waals surface area contributed by atoms with Crippen LogP contribution < -0.4 is 10.1 Å². The molecule has 1 aromatic carbocycles. The molecule has 1 N–H and O–H groups in total. The molecule has 1 aromatic heterocycles. The number of nitrogens with zero attached hydrogens (tertiary/aromatic N) is 2. The van der Waals surface area contributed by atoms with Crippen LogP contribution in [-0.4, -0.2) is 47.6 Å². The zero-order valence-electron chi connectivity index (χ0n) is 18.4. The number of para-hydroxylation sites is 1. The number of nitrogens with one attached hydrogen (secondary N) is 1.